The Hall–Kier alpha value is -2.74. The Morgan fingerprint density at radius 2 is 1.73 bits per heavy atom. The minimum absolute atomic E-state index is 0.621. The van der Waals surface area contributed by atoms with E-state index in [4.69, 9.17) is 14.2 Å². The zero-order valence-electron chi connectivity index (χ0n) is 14.7. The van der Waals surface area contributed by atoms with E-state index in [0.29, 0.717) is 6.61 Å². The van der Waals surface area contributed by atoms with Crippen molar-refractivity contribution in [1.29, 1.82) is 0 Å². The summed E-state index contributed by atoms with van der Waals surface area (Å²) in [6, 6.07) is 15.2. The van der Waals surface area contributed by atoms with Gasteiger partial charge >= 0.3 is 0 Å². The highest BCUT2D eigenvalue weighted by molar-refractivity contribution is 7.99. The molecule has 0 bridgehead atoms. The van der Waals surface area contributed by atoms with Crippen LogP contribution in [0.3, 0.4) is 0 Å². The van der Waals surface area contributed by atoms with Gasteiger partial charge in [0, 0.05) is 5.75 Å². The van der Waals surface area contributed by atoms with Gasteiger partial charge in [-0.2, -0.15) is 4.68 Å². The molecule has 1 aromatic heterocycles. The van der Waals surface area contributed by atoms with Crippen molar-refractivity contribution in [2.24, 2.45) is 0 Å². The number of hydrogen-bond donors (Lipinski definition) is 0. The molecule has 3 aromatic rings. The number of para-hydroxylation sites is 2. The molecule has 0 atom stereocenters. The molecule has 8 heteroatoms. The lowest BCUT2D eigenvalue weighted by atomic mass is 10.3. The summed E-state index contributed by atoms with van der Waals surface area (Å²) in [6.45, 7) is 0.621. The molecule has 26 heavy (non-hydrogen) atoms. The van der Waals surface area contributed by atoms with E-state index in [2.05, 4.69) is 15.5 Å². The Labute approximate surface area is 156 Å². The van der Waals surface area contributed by atoms with Crippen LogP contribution in [0, 0.1) is 0 Å². The predicted octanol–water partition coefficient (Wildman–Crippen LogP) is 3.24. The van der Waals surface area contributed by atoms with Crippen LogP contribution in [0.1, 0.15) is 6.42 Å². The highest BCUT2D eigenvalue weighted by Gasteiger charge is 2.12. The average Bonchev–Trinajstić information content (AvgIpc) is 3.16. The van der Waals surface area contributed by atoms with E-state index in [9.17, 15) is 0 Å². The number of tetrazole rings is 1. The molecule has 0 aliphatic heterocycles. The summed E-state index contributed by atoms with van der Waals surface area (Å²) >= 11 is 1.58. The minimum atomic E-state index is 0.621. The minimum Gasteiger partial charge on any atom is -0.497 e. The van der Waals surface area contributed by atoms with Crippen LogP contribution in [0.25, 0.3) is 5.69 Å². The van der Waals surface area contributed by atoms with Gasteiger partial charge in [0.2, 0.25) is 5.16 Å². The van der Waals surface area contributed by atoms with Crippen molar-refractivity contribution in [3.05, 3.63) is 48.5 Å². The number of benzene rings is 2. The summed E-state index contributed by atoms with van der Waals surface area (Å²) in [5.41, 5.74) is 0.817. The van der Waals surface area contributed by atoms with E-state index >= 15 is 0 Å². The SMILES string of the molecule is COc1ccc(OCCCSc2nnnn2-c2ccccc2OC)cc1. The molecule has 0 fully saturated rings. The van der Waals surface area contributed by atoms with E-state index < -0.39 is 0 Å². The molecule has 2 aromatic carbocycles. The summed E-state index contributed by atoms with van der Waals surface area (Å²) in [6.07, 6.45) is 0.871. The molecule has 0 saturated heterocycles. The number of rotatable bonds is 9. The maximum atomic E-state index is 5.73. The molecule has 0 spiro atoms. The van der Waals surface area contributed by atoms with Crippen LogP contribution in [0.15, 0.2) is 53.7 Å². The van der Waals surface area contributed by atoms with Crippen molar-refractivity contribution < 1.29 is 14.2 Å². The van der Waals surface area contributed by atoms with Crippen molar-refractivity contribution in [3.63, 3.8) is 0 Å². The highest BCUT2D eigenvalue weighted by Crippen LogP contribution is 2.25. The molecule has 0 radical (unpaired) electrons. The summed E-state index contributed by atoms with van der Waals surface area (Å²) in [7, 11) is 3.28. The molecule has 1 heterocycles. The standard InChI is InChI=1S/C18H20N4O3S/c1-23-14-8-10-15(11-9-14)25-12-5-13-26-18-19-20-21-22(18)16-6-3-4-7-17(16)24-2/h3-4,6-11H,5,12-13H2,1-2H3. The van der Waals surface area contributed by atoms with Crippen LogP contribution in [0.2, 0.25) is 0 Å². The molecule has 136 valence electrons. The number of ether oxygens (including phenoxy) is 3. The zero-order chi connectivity index (χ0) is 18.2. The first-order valence-corrected chi connectivity index (χ1v) is 9.12. The van der Waals surface area contributed by atoms with Crippen LogP contribution >= 0.6 is 11.8 Å². The van der Waals surface area contributed by atoms with Gasteiger partial charge < -0.3 is 14.2 Å². The highest BCUT2D eigenvalue weighted by atomic mass is 32.2. The first-order valence-electron chi connectivity index (χ1n) is 8.13. The molecule has 0 unspecified atom stereocenters. The van der Waals surface area contributed by atoms with Gasteiger partial charge in [-0.05, 0) is 53.2 Å². The molecular formula is C18H20N4O3S. The first kappa shape index (κ1) is 18.1. The van der Waals surface area contributed by atoms with E-state index in [1.54, 1.807) is 30.7 Å². The second-order valence-electron chi connectivity index (χ2n) is 5.27. The van der Waals surface area contributed by atoms with Crippen LogP contribution in [-0.2, 0) is 0 Å². The van der Waals surface area contributed by atoms with E-state index in [1.807, 2.05) is 48.5 Å². The number of methoxy groups -OCH3 is 2. The normalized spacial score (nSPS) is 10.5. The third-order valence-electron chi connectivity index (χ3n) is 3.60. The first-order chi connectivity index (χ1) is 12.8. The van der Waals surface area contributed by atoms with Crippen molar-refractivity contribution in [2.45, 2.75) is 11.6 Å². The van der Waals surface area contributed by atoms with Crippen LogP contribution in [0.5, 0.6) is 17.2 Å². The summed E-state index contributed by atoms with van der Waals surface area (Å²) in [4.78, 5) is 0. The van der Waals surface area contributed by atoms with Gasteiger partial charge in [-0.25, -0.2) is 0 Å². The zero-order valence-corrected chi connectivity index (χ0v) is 15.5. The van der Waals surface area contributed by atoms with E-state index in [1.165, 1.54) is 0 Å². The maximum absolute atomic E-state index is 5.73. The van der Waals surface area contributed by atoms with Gasteiger partial charge in [-0.15, -0.1) is 5.10 Å². The van der Waals surface area contributed by atoms with Gasteiger partial charge in [0.25, 0.3) is 0 Å². The molecule has 0 aliphatic carbocycles. The van der Waals surface area contributed by atoms with Crippen molar-refractivity contribution in [3.8, 4) is 22.9 Å². The van der Waals surface area contributed by atoms with Crippen molar-refractivity contribution >= 4 is 11.8 Å². The fraction of sp³-hybridized carbons (Fsp3) is 0.278. The number of hydrogen-bond acceptors (Lipinski definition) is 7. The monoisotopic (exact) mass is 372 g/mol. The van der Waals surface area contributed by atoms with Gasteiger partial charge in [0.1, 0.15) is 22.9 Å². The largest absolute Gasteiger partial charge is 0.497 e. The Kier molecular flexibility index (Phi) is 6.32. The van der Waals surface area contributed by atoms with Crippen LogP contribution in [0.4, 0.5) is 0 Å². The fourth-order valence-electron chi connectivity index (χ4n) is 2.31. The lowest BCUT2D eigenvalue weighted by Crippen LogP contribution is -2.03. The van der Waals surface area contributed by atoms with Gasteiger partial charge in [0.15, 0.2) is 0 Å². The van der Waals surface area contributed by atoms with E-state index in [0.717, 1.165) is 40.3 Å². The molecule has 3 rings (SSSR count). The lowest BCUT2D eigenvalue weighted by molar-refractivity contribution is 0.318. The summed E-state index contributed by atoms with van der Waals surface area (Å²) in [5.74, 6) is 3.21. The maximum Gasteiger partial charge on any atom is 0.214 e. The molecule has 0 N–H and O–H groups in total. The lowest BCUT2D eigenvalue weighted by Gasteiger charge is -2.09. The Balaban J connectivity index is 1.50. The van der Waals surface area contributed by atoms with Crippen molar-refractivity contribution in [2.75, 3.05) is 26.6 Å². The van der Waals surface area contributed by atoms with Crippen LogP contribution < -0.4 is 14.2 Å². The smallest absolute Gasteiger partial charge is 0.214 e. The van der Waals surface area contributed by atoms with E-state index in [-0.39, 0.29) is 0 Å². The Morgan fingerprint density at radius 3 is 2.50 bits per heavy atom. The molecule has 0 aliphatic rings. The summed E-state index contributed by atoms with van der Waals surface area (Å²) in [5, 5.41) is 12.7. The van der Waals surface area contributed by atoms with Gasteiger partial charge in [-0.3, -0.25) is 0 Å². The second kappa shape index (κ2) is 9.10. The fourth-order valence-corrected chi connectivity index (χ4v) is 3.11. The Morgan fingerprint density at radius 1 is 0.962 bits per heavy atom. The second-order valence-corrected chi connectivity index (χ2v) is 6.33. The van der Waals surface area contributed by atoms with Crippen LogP contribution in [-0.4, -0.2) is 46.8 Å². The Bertz CT molecular complexity index is 823. The summed E-state index contributed by atoms with van der Waals surface area (Å²) < 4.78 is 17.9. The molecule has 0 saturated carbocycles. The topological polar surface area (TPSA) is 71.3 Å². The molecule has 7 nitrogen and oxygen atoms in total. The number of thioether (sulfide) groups is 1. The van der Waals surface area contributed by atoms with Gasteiger partial charge in [0.05, 0.1) is 20.8 Å². The number of nitrogens with zero attached hydrogens (tertiary/aromatic N) is 4. The average molecular weight is 372 g/mol. The quantitative estimate of drug-likeness (QED) is 0.422. The molecule has 0 amide bonds. The number of aromatic nitrogens is 4. The van der Waals surface area contributed by atoms with Gasteiger partial charge in [-0.1, -0.05) is 23.9 Å². The third-order valence-corrected chi connectivity index (χ3v) is 4.61. The third kappa shape index (κ3) is 4.45. The molecular weight excluding hydrogens is 352 g/mol. The van der Waals surface area contributed by atoms with Crippen molar-refractivity contribution in [1.82, 2.24) is 20.2 Å². The predicted molar refractivity (Wildman–Crippen MR) is 99.5 cm³/mol.